The summed E-state index contributed by atoms with van der Waals surface area (Å²) in [6.07, 6.45) is -2.07. The number of aryl methyl sites for hydroxylation is 1. The molecule has 3 aromatic carbocycles. The number of carbonyl (C=O) groups excluding carboxylic acids is 3. The molecule has 2 aliphatic heterocycles. The third-order valence-electron chi connectivity index (χ3n) is 7.87. The van der Waals surface area contributed by atoms with Crippen LogP contribution in [0.15, 0.2) is 48.5 Å². The molecule has 0 radical (unpaired) electrons. The van der Waals surface area contributed by atoms with Crippen LogP contribution in [-0.2, 0) is 32.0 Å². The molecule has 0 aromatic heterocycles. The number of ketones is 1. The number of carbonyl (C=O) groups is 4. The Balaban J connectivity index is 1.32. The van der Waals surface area contributed by atoms with Gasteiger partial charge in [0.25, 0.3) is 6.41 Å². The SMILES string of the molecule is COc1ccc(OC(O)N[C@H]2CCc3cccc4c3N(C2=O)[C@H](C(=O)NC(CC(=O)O)C(=O)COc2c(F)c(F)cc(F)c2F)C4)cc1. The van der Waals surface area contributed by atoms with Gasteiger partial charge in [0.05, 0.1) is 25.3 Å². The van der Waals surface area contributed by atoms with Crippen LogP contribution in [-0.4, -0.2) is 72.0 Å². The van der Waals surface area contributed by atoms with E-state index in [4.69, 9.17) is 9.47 Å². The maximum absolute atomic E-state index is 14.0. The van der Waals surface area contributed by atoms with Gasteiger partial charge < -0.3 is 29.7 Å². The Labute approximate surface area is 270 Å². The molecule has 48 heavy (non-hydrogen) atoms. The molecule has 2 amide bonds. The van der Waals surface area contributed by atoms with Crippen molar-refractivity contribution in [2.75, 3.05) is 18.6 Å². The number of aliphatic hydroxyl groups excluding tert-OH is 1. The van der Waals surface area contributed by atoms with Crippen LogP contribution in [0.4, 0.5) is 23.2 Å². The number of anilines is 1. The van der Waals surface area contributed by atoms with Crippen molar-refractivity contribution in [1.82, 2.24) is 10.6 Å². The summed E-state index contributed by atoms with van der Waals surface area (Å²) in [6.45, 7) is -1.26. The van der Waals surface area contributed by atoms with Crippen LogP contribution in [0.2, 0.25) is 0 Å². The number of halogens is 4. The van der Waals surface area contributed by atoms with Crippen molar-refractivity contribution in [3.05, 3.63) is 82.9 Å². The van der Waals surface area contributed by atoms with Gasteiger partial charge in [-0.2, -0.15) is 8.78 Å². The fraction of sp³-hybridized carbons (Fsp3) is 0.312. The first kappa shape index (κ1) is 34.1. The molecule has 0 spiro atoms. The highest BCUT2D eigenvalue weighted by Gasteiger charge is 2.45. The highest BCUT2D eigenvalue weighted by molar-refractivity contribution is 6.07. The second-order valence-corrected chi connectivity index (χ2v) is 11.0. The number of aliphatic carboxylic acids is 1. The number of Topliss-reactive ketones (excluding diaryl/α,β-unsaturated/α-hetero) is 1. The molecular formula is C32H29F4N3O9. The molecule has 2 heterocycles. The molecule has 0 saturated carbocycles. The number of ether oxygens (including phenoxy) is 3. The van der Waals surface area contributed by atoms with E-state index < -0.39 is 90.2 Å². The van der Waals surface area contributed by atoms with Gasteiger partial charge in [0.1, 0.15) is 30.2 Å². The largest absolute Gasteiger partial charge is 0.497 e. The summed E-state index contributed by atoms with van der Waals surface area (Å²) in [5, 5.41) is 25.0. The van der Waals surface area contributed by atoms with Crippen molar-refractivity contribution in [2.45, 2.75) is 50.2 Å². The number of para-hydroxylation sites is 1. The van der Waals surface area contributed by atoms with E-state index in [1.54, 1.807) is 42.5 Å². The molecule has 254 valence electrons. The van der Waals surface area contributed by atoms with E-state index in [2.05, 4.69) is 15.4 Å². The molecule has 16 heteroatoms. The number of hydrogen-bond acceptors (Lipinski definition) is 9. The molecule has 0 bridgehead atoms. The third-order valence-corrected chi connectivity index (χ3v) is 7.87. The minimum Gasteiger partial charge on any atom is -0.497 e. The second-order valence-electron chi connectivity index (χ2n) is 11.0. The molecule has 2 aliphatic rings. The van der Waals surface area contributed by atoms with E-state index in [9.17, 15) is 47.0 Å². The normalized spacial score (nSPS) is 18.0. The number of hydrogen-bond donors (Lipinski definition) is 4. The Morgan fingerprint density at radius 1 is 1.00 bits per heavy atom. The fourth-order valence-corrected chi connectivity index (χ4v) is 5.59. The van der Waals surface area contributed by atoms with Crippen LogP contribution < -0.4 is 29.7 Å². The Morgan fingerprint density at radius 3 is 2.29 bits per heavy atom. The minimum absolute atomic E-state index is 0.0121. The predicted molar refractivity (Wildman–Crippen MR) is 157 cm³/mol. The first-order valence-corrected chi connectivity index (χ1v) is 14.6. The number of methoxy groups -OCH3 is 1. The van der Waals surface area contributed by atoms with E-state index in [1.807, 2.05) is 0 Å². The van der Waals surface area contributed by atoms with E-state index in [1.165, 1.54) is 12.0 Å². The number of amides is 2. The Bertz CT molecular complexity index is 1710. The molecule has 4 N–H and O–H groups in total. The van der Waals surface area contributed by atoms with Gasteiger partial charge in [-0.1, -0.05) is 18.2 Å². The Morgan fingerprint density at radius 2 is 1.65 bits per heavy atom. The van der Waals surface area contributed by atoms with Crippen LogP contribution in [0.1, 0.15) is 24.0 Å². The lowest BCUT2D eigenvalue weighted by atomic mass is 10.0. The first-order chi connectivity index (χ1) is 22.9. The van der Waals surface area contributed by atoms with Crippen molar-refractivity contribution in [3.63, 3.8) is 0 Å². The van der Waals surface area contributed by atoms with Crippen LogP contribution in [0, 0.1) is 23.3 Å². The zero-order chi connectivity index (χ0) is 34.7. The lowest BCUT2D eigenvalue weighted by Crippen LogP contribution is -2.57. The average Bonchev–Trinajstić information content (AvgIpc) is 3.39. The number of carboxylic acid groups (broad SMARTS) is 1. The van der Waals surface area contributed by atoms with E-state index in [-0.39, 0.29) is 24.7 Å². The van der Waals surface area contributed by atoms with Crippen LogP contribution in [0.5, 0.6) is 17.2 Å². The van der Waals surface area contributed by atoms with Gasteiger partial charge in [0, 0.05) is 12.5 Å². The maximum atomic E-state index is 14.0. The Kier molecular flexibility index (Phi) is 10.1. The van der Waals surface area contributed by atoms with Gasteiger partial charge >= 0.3 is 5.97 Å². The standard InChI is InChI=1S/C32H29F4N3O9/c1-46-17-6-8-18(9-7-17)48-32(45)38-21-10-5-15-3-2-4-16-11-23(39(28(15)16)31(21)44)30(43)37-22(13-25(41)42)24(40)14-47-29-26(35)19(33)12-20(34)27(29)36/h2-4,6-9,12,21-23,32,38,45H,5,10-11,13-14H2,1H3,(H,37,43)(H,41,42)/t21-,22?,23-,32?/m0/s1. The molecule has 5 rings (SSSR count). The summed E-state index contributed by atoms with van der Waals surface area (Å²) in [5.41, 5.74) is 1.81. The van der Waals surface area contributed by atoms with Crippen molar-refractivity contribution < 1.29 is 61.2 Å². The number of carboxylic acids is 1. The third kappa shape index (κ3) is 7.18. The lowest BCUT2D eigenvalue weighted by molar-refractivity contribution is -0.140. The van der Waals surface area contributed by atoms with Gasteiger partial charge in [-0.15, -0.1) is 0 Å². The van der Waals surface area contributed by atoms with Crippen molar-refractivity contribution in [3.8, 4) is 17.2 Å². The minimum atomic E-state index is -1.91. The summed E-state index contributed by atoms with van der Waals surface area (Å²) in [7, 11) is 1.49. The van der Waals surface area contributed by atoms with Crippen molar-refractivity contribution in [1.29, 1.82) is 0 Å². The molecule has 2 unspecified atom stereocenters. The number of nitrogens with one attached hydrogen (secondary N) is 2. The Hall–Kier alpha value is -5.22. The molecule has 4 atom stereocenters. The number of nitrogens with zero attached hydrogens (tertiary/aromatic N) is 1. The topological polar surface area (TPSA) is 164 Å². The summed E-state index contributed by atoms with van der Waals surface area (Å²) < 4.78 is 70.5. The molecular weight excluding hydrogens is 646 g/mol. The van der Waals surface area contributed by atoms with Gasteiger partial charge in [-0.05, 0) is 48.2 Å². The molecule has 3 aromatic rings. The van der Waals surface area contributed by atoms with Gasteiger partial charge in [-0.25, -0.2) is 14.1 Å². The van der Waals surface area contributed by atoms with E-state index >= 15 is 0 Å². The van der Waals surface area contributed by atoms with E-state index in [0.717, 1.165) is 5.56 Å². The number of benzene rings is 3. The molecule has 12 nitrogen and oxygen atoms in total. The molecule has 0 saturated heterocycles. The summed E-state index contributed by atoms with van der Waals surface area (Å²) in [6, 6.07) is 7.33. The fourth-order valence-electron chi connectivity index (χ4n) is 5.59. The van der Waals surface area contributed by atoms with Crippen LogP contribution in [0.25, 0.3) is 0 Å². The number of rotatable bonds is 13. The zero-order valence-corrected chi connectivity index (χ0v) is 25.2. The van der Waals surface area contributed by atoms with Crippen molar-refractivity contribution >= 4 is 29.3 Å². The number of aliphatic hydroxyl groups is 1. The van der Waals surface area contributed by atoms with Gasteiger partial charge in [-0.3, -0.25) is 24.1 Å². The average molecular weight is 676 g/mol. The second kappa shape index (κ2) is 14.3. The highest BCUT2D eigenvalue weighted by atomic mass is 19.2. The van der Waals surface area contributed by atoms with Crippen LogP contribution in [0.3, 0.4) is 0 Å². The smallest absolute Gasteiger partial charge is 0.305 e. The molecule has 0 fully saturated rings. The first-order valence-electron chi connectivity index (χ1n) is 14.6. The summed E-state index contributed by atoms with van der Waals surface area (Å²) >= 11 is 0. The lowest BCUT2D eigenvalue weighted by Gasteiger charge is -2.29. The predicted octanol–water partition coefficient (Wildman–Crippen LogP) is 2.38. The van der Waals surface area contributed by atoms with Gasteiger partial charge in [0.15, 0.2) is 23.2 Å². The monoisotopic (exact) mass is 675 g/mol. The van der Waals surface area contributed by atoms with E-state index in [0.29, 0.717) is 23.4 Å². The summed E-state index contributed by atoms with van der Waals surface area (Å²) in [4.78, 5) is 53.3. The zero-order valence-electron chi connectivity index (χ0n) is 25.2. The van der Waals surface area contributed by atoms with Gasteiger partial charge in [0.2, 0.25) is 23.4 Å². The quantitative estimate of drug-likeness (QED) is 0.120. The summed E-state index contributed by atoms with van der Waals surface area (Å²) in [5.74, 6) is -12.4. The van der Waals surface area contributed by atoms with Crippen LogP contribution >= 0.6 is 0 Å². The molecule has 0 aliphatic carbocycles. The highest BCUT2D eigenvalue weighted by Crippen LogP contribution is 2.39. The van der Waals surface area contributed by atoms with Crippen molar-refractivity contribution in [2.24, 2.45) is 0 Å². The maximum Gasteiger partial charge on any atom is 0.305 e.